The van der Waals surface area contributed by atoms with Crippen LogP contribution >= 0.6 is 22.9 Å². The van der Waals surface area contributed by atoms with Crippen LogP contribution in [0.3, 0.4) is 0 Å². The number of benzene rings is 1. The molecule has 1 aromatic heterocycles. The summed E-state index contributed by atoms with van der Waals surface area (Å²) in [5.74, 6) is 0.304. The van der Waals surface area contributed by atoms with Gasteiger partial charge in [0.15, 0.2) is 0 Å². The van der Waals surface area contributed by atoms with Crippen LogP contribution < -0.4 is 4.90 Å². The van der Waals surface area contributed by atoms with Crippen molar-refractivity contribution in [3.63, 3.8) is 0 Å². The number of hydrogen-bond acceptors (Lipinski definition) is 3. The van der Waals surface area contributed by atoms with Gasteiger partial charge < -0.3 is 4.90 Å². The summed E-state index contributed by atoms with van der Waals surface area (Å²) in [4.78, 5) is 6.73. The fraction of sp³-hybridized carbons (Fsp3) is 0.438. The third kappa shape index (κ3) is 4.97. The molecule has 0 bridgehead atoms. The highest BCUT2D eigenvalue weighted by atomic mass is 35.5. The molecule has 1 heterocycles. The molecule has 0 unspecified atom stereocenters. The van der Waals surface area contributed by atoms with Gasteiger partial charge in [0.05, 0.1) is 16.6 Å². The van der Waals surface area contributed by atoms with Gasteiger partial charge in [0.1, 0.15) is 5.82 Å². The van der Waals surface area contributed by atoms with Crippen LogP contribution in [0.15, 0.2) is 29.6 Å². The molecule has 0 aliphatic heterocycles. The molecule has 0 amide bonds. The maximum absolute atomic E-state index is 12.9. The third-order valence-corrected chi connectivity index (χ3v) is 4.61. The standard InChI is InChI=1S/C16H20ClFN2S/c1-2-20(15-8-6-13(18)7-9-15)10-4-3-5-16-19-14(11-17)12-21-16/h6-9,12H,2-5,10-11H2,1H3. The van der Waals surface area contributed by atoms with Crippen LogP contribution in [0, 0.1) is 5.82 Å². The van der Waals surface area contributed by atoms with Crippen molar-refractivity contribution in [3.8, 4) is 0 Å². The number of aromatic nitrogens is 1. The normalized spacial score (nSPS) is 10.8. The number of rotatable bonds is 8. The van der Waals surface area contributed by atoms with Gasteiger partial charge in [-0.3, -0.25) is 0 Å². The molecule has 0 saturated heterocycles. The Balaban J connectivity index is 1.77. The van der Waals surface area contributed by atoms with Crippen molar-refractivity contribution in [2.24, 2.45) is 0 Å². The minimum Gasteiger partial charge on any atom is -0.372 e. The fourth-order valence-corrected chi connectivity index (χ4v) is 3.29. The number of thiazole rings is 1. The van der Waals surface area contributed by atoms with Crippen molar-refractivity contribution in [2.45, 2.75) is 32.1 Å². The number of anilines is 1. The number of hydrogen-bond donors (Lipinski definition) is 0. The maximum Gasteiger partial charge on any atom is 0.123 e. The first kappa shape index (κ1) is 16.2. The average Bonchev–Trinajstić information content (AvgIpc) is 2.97. The van der Waals surface area contributed by atoms with E-state index in [1.807, 2.05) is 17.5 Å². The number of nitrogens with zero attached hydrogens (tertiary/aromatic N) is 2. The Hall–Kier alpha value is -1.13. The van der Waals surface area contributed by atoms with Crippen molar-refractivity contribution < 1.29 is 4.39 Å². The van der Waals surface area contributed by atoms with Gasteiger partial charge in [-0.1, -0.05) is 0 Å². The van der Waals surface area contributed by atoms with Crippen LogP contribution in [0.2, 0.25) is 0 Å². The predicted octanol–water partition coefficient (Wildman–Crippen LogP) is 4.87. The number of unbranched alkanes of at least 4 members (excludes halogenated alkanes) is 1. The summed E-state index contributed by atoms with van der Waals surface area (Å²) in [5.41, 5.74) is 2.05. The second-order valence-corrected chi connectivity index (χ2v) is 6.09. The van der Waals surface area contributed by atoms with Gasteiger partial charge in [-0.2, -0.15) is 0 Å². The summed E-state index contributed by atoms with van der Waals surface area (Å²) < 4.78 is 12.9. The predicted molar refractivity (Wildman–Crippen MR) is 88.9 cm³/mol. The molecule has 0 aliphatic rings. The second-order valence-electron chi connectivity index (χ2n) is 4.88. The molecule has 0 atom stereocenters. The van der Waals surface area contributed by atoms with E-state index in [-0.39, 0.29) is 5.82 Å². The molecule has 21 heavy (non-hydrogen) atoms. The number of aryl methyl sites for hydroxylation is 1. The van der Waals surface area contributed by atoms with E-state index in [4.69, 9.17) is 11.6 Å². The Morgan fingerprint density at radius 2 is 2.00 bits per heavy atom. The lowest BCUT2D eigenvalue weighted by molar-refractivity contribution is 0.627. The van der Waals surface area contributed by atoms with Crippen LogP contribution in [-0.4, -0.2) is 18.1 Å². The molecule has 114 valence electrons. The summed E-state index contributed by atoms with van der Waals surface area (Å²) in [6.07, 6.45) is 3.20. The van der Waals surface area contributed by atoms with E-state index in [0.717, 1.165) is 48.7 Å². The van der Waals surface area contributed by atoms with Gasteiger partial charge >= 0.3 is 0 Å². The SMILES string of the molecule is CCN(CCCCc1nc(CCl)cs1)c1ccc(F)cc1. The van der Waals surface area contributed by atoms with E-state index in [0.29, 0.717) is 5.88 Å². The van der Waals surface area contributed by atoms with Crippen LogP contribution in [0.25, 0.3) is 0 Å². The molecule has 0 spiro atoms. The van der Waals surface area contributed by atoms with Gasteiger partial charge in [0.2, 0.25) is 0 Å². The van der Waals surface area contributed by atoms with Gasteiger partial charge in [0, 0.05) is 24.2 Å². The summed E-state index contributed by atoms with van der Waals surface area (Å²) >= 11 is 7.44. The Morgan fingerprint density at radius 3 is 2.62 bits per heavy atom. The molecular formula is C16H20ClFN2S. The Bertz CT molecular complexity index is 541. The smallest absolute Gasteiger partial charge is 0.123 e. The van der Waals surface area contributed by atoms with Crippen molar-refractivity contribution in [2.75, 3.05) is 18.0 Å². The highest BCUT2D eigenvalue weighted by Crippen LogP contribution is 2.17. The molecule has 2 nitrogen and oxygen atoms in total. The molecule has 2 rings (SSSR count). The molecule has 1 aromatic carbocycles. The first-order valence-electron chi connectivity index (χ1n) is 7.22. The van der Waals surface area contributed by atoms with Crippen LogP contribution in [0.4, 0.5) is 10.1 Å². The zero-order valence-electron chi connectivity index (χ0n) is 12.2. The number of alkyl halides is 1. The van der Waals surface area contributed by atoms with Crippen molar-refractivity contribution in [1.29, 1.82) is 0 Å². The minimum absolute atomic E-state index is 0.186. The molecule has 0 saturated carbocycles. The van der Waals surface area contributed by atoms with E-state index >= 15 is 0 Å². The van der Waals surface area contributed by atoms with E-state index < -0.39 is 0 Å². The molecular weight excluding hydrogens is 307 g/mol. The van der Waals surface area contributed by atoms with Crippen molar-refractivity contribution >= 4 is 28.6 Å². The Morgan fingerprint density at radius 1 is 1.24 bits per heavy atom. The third-order valence-electron chi connectivity index (χ3n) is 3.38. The Labute approximate surface area is 134 Å². The van der Waals surface area contributed by atoms with Crippen molar-refractivity contribution in [1.82, 2.24) is 4.98 Å². The fourth-order valence-electron chi connectivity index (χ4n) is 2.23. The maximum atomic E-state index is 12.9. The summed E-state index contributed by atoms with van der Waals surface area (Å²) in [7, 11) is 0. The van der Waals surface area contributed by atoms with Crippen LogP contribution in [0.1, 0.15) is 30.5 Å². The minimum atomic E-state index is -0.186. The van der Waals surface area contributed by atoms with Gasteiger partial charge in [0.25, 0.3) is 0 Å². The quantitative estimate of drug-likeness (QED) is 0.508. The zero-order valence-corrected chi connectivity index (χ0v) is 13.8. The topological polar surface area (TPSA) is 16.1 Å². The highest BCUT2D eigenvalue weighted by Gasteiger charge is 2.05. The monoisotopic (exact) mass is 326 g/mol. The summed E-state index contributed by atoms with van der Waals surface area (Å²) in [6, 6.07) is 6.71. The largest absolute Gasteiger partial charge is 0.372 e. The first-order chi connectivity index (χ1) is 10.2. The average molecular weight is 327 g/mol. The zero-order chi connectivity index (χ0) is 15.1. The van der Waals surface area contributed by atoms with Gasteiger partial charge in [-0.05, 0) is 50.5 Å². The molecule has 0 N–H and O–H groups in total. The van der Waals surface area contributed by atoms with E-state index in [1.165, 1.54) is 12.1 Å². The molecule has 5 heteroatoms. The van der Waals surface area contributed by atoms with Crippen LogP contribution in [-0.2, 0) is 12.3 Å². The van der Waals surface area contributed by atoms with Gasteiger partial charge in [-0.25, -0.2) is 9.37 Å². The second kappa shape index (κ2) is 8.35. The molecule has 0 fully saturated rings. The lowest BCUT2D eigenvalue weighted by Gasteiger charge is -2.23. The van der Waals surface area contributed by atoms with E-state index in [9.17, 15) is 4.39 Å². The number of halogens is 2. The molecule has 0 aliphatic carbocycles. The highest BCUT2D eigenvalue weighted by molar-refractivity contribution is 7.09. The van der Waals surface area contributed by atoms with Gasteiger partial charge in [-0.15, -0.1) is 22.9 Å². The summed E-state index contributed by atoms with van der Waals surface area (Å²) in [5, 5.41) is 3.19. The Kier molecular flexibility index (Phi) is 6.46. The summed E-state index contributed by atoms with van der Waals surface area (Å²) in [6.45, 7) is 4.03. The lowest BCUT2D eigenvalue weighted by Crippen LogP contribution is -2.23. The van der Waals surface area contributed by atoms with E-state index in [1.54, 1.807) is 11.3 Å². The van der Waals surface area contributed by atoms with Crippen LogP contribution in [0.5, 0.6) is 0 Å². The molecule has 2 aromatic rings. The van der Waals surface area contributed by atoms with E-state index in [2.05, 4.69) is 16.8 Å². The first-order valence-corrected chi connectivity index (χ1v) is 8.64. The lowest BCUT2D eigenvalue weighted by atomic mass is 10.2. The molecule has 0 radical (unpaired) electrons. The van der Waals surface area contributed by atoms with Crippen molar-refractivity contribution in [3.05, 3.63) is 46.2 Å².